The van der Waals surface area contributed by atoms with E-state index in [9.17, 15) is 4.53 Å². The van der Waals surface area contributed by atoms with E-state index in [1.54, 1.807) is 6.07 Å². The summed E-state index contributed by atoms with van der Waals surface area (Å²) in [7, 11) is 0. The van der Waals surface area contributed by atoms with Crippen LogP contribution in [-0.4, -0.2) is 0 Å². The number of benzene rings is 1. The van der Waals surface area contributed by atoms with Gasteiger partial charge in [-0.05, 0) is 25.5 Å². The SMILES string of the molecule is Cc1ccc(OF)c(C)c1. The maximum Gasteiger partial charge on any atom is 0.174 e. The van der Waals surface area contributed by atoms with Gasteiger partial charge in [0.2, 0.25) is 0 Å². The average Bonchev–Trinajstić information content (AvgIpc) is 1.88. The quantitative estimate of drug-likeness (QED) is 0.582. The van der Waals surface area contributed by atoms with E-state index < -0.39 is 0 Å². The van der Waals surface area contributed by atoms with Gasteiger partial charge in [0, 0.05) is 4.53 Å². The minimum Gasteiger partial charge on any atom is -0.294 e. The van der Waals surface area contributed by atoms with Gasteiger partial charge in [0.25, 0.3) is 0 Å². The lowest BCUT2D eigenvalue weighted by Gasteiger charge is -1.99. The van der Waals surface area contributed by atoms with E-state index in [0.29, 0.717) is 5.75 Å². The first kappa shape index (κ1) is 7.06. The summed E-state index contributed by atoms with van der Waals surface area (Å²) in [5, 5.41) is 0. The lowest BCUT2D eigenvalue weighted by Crippen LogP contribution is -1.82. The fraction of sp³-hybridized carbons (Fsp3) is 0.250. The monoisotopic (exact) mass is 140 g/mol. The van der Waals surface area contributed by atoms with Crippen LogP contribution in [0.2, 0.25) is 0 Å². The molecule has 10 heavy (non-hydrogen) atoms. The molecule has 1 nitrogen and oxygen atoms in total. The van der Waals surface area contributed by atoms with Gasteiger partial charge in [-0.2, -0.15) is 0 Å². The van der Waals surface area contributed by atoms with Crippen LogP contribution in [0, 0.1) is 13.8 Å². The Morgan fingerprint density at radius 2 is 2.00 bits per heavy atom. The molecule has 1 rings (SSSR count). The summed E-state index contributed by atoms with van der Waals surface area (Å²) in [5.74, 6) is 0.297. The van der Waals surface area contributed by atoms with E-state index in [0.717, 1.165) is 11.1 Å². The van der Waals surface area contributed by atoms with E-state index in [2.05, 4.69) is 4.94 Å². The van der Waals surface area contributed by atoms with Gasteiger partial charge < -0.3 is 0 Å². The smallest absolute Gasteiger partial charge is 0.174 e. The number of hydrogen-bond acceptors (Lipinski definition) is 1. The van der Waals surface area contributed by atoms with Crippen molar-refractivity contribution >= 4 is 0 Å². The second kappa shape index (κ2) is 2.69. The zero-order chi connectivity index (χ0) is 7.56. The van der Waals surface area contributed by atoms with Crippen LogP contribution in [0.15, 0.2) is 18.2 Å². The van der Waals surface area contributed by atoms with Crippen molar-refractivity contribution in [2.75, 3.05) is 0 Å². The van der Waals surface area contributed by atoms with Gasteiger partial charge in [0.05, 0.1) is 0 Å². The van der Waals surface area contributed by atoms with E-state index >= 15 is 0 Å². The van der Waals surface area contributed by atoms with Gasteiger partial charge in [0.1, 0.15) is 0 Å². The lowest BCUT2D eigenvalue weighted by molar-refractivity contribution is -0.00702. The van der Waals surface area contributed by atoms with Crippen LogP contribution in [0.4, 0.5) is 4.53 Å². The largest absolute Gasteiger partial charge is 0.294 e. The van der Waals surface area contributed by atoms with Crippen LogP contribution in [0.3, 0.4) is 0 Å². The van der Waals surface area contributed by atoms with Gasteiger partial charge in [-0.3, -0.25) is 4.94 Å². The summed E-state index contributed by atoms with van der Waals surface area (Å²) in [6.07, 6.45) is 0. The third-order valence-corrected chi connectivity index (χ3v) is 1.41. The summed E-state index contributed by atoms with van der Waals surface area (Å²) in [6.45, 7) is 3.76. The predicted molar refractivity (Wildman–Crippen MR) is 37.7 cm³/mol. The van der Waals surface area contributed by atoms with E-state index in [4.69, 9.17) is 0 Å². The zero-order valence-corrected chi connectivity index (χ0v) is 6.02. The third kappa shape index (κ3) is 1.26. The van der Waals surface area contributed by atoms with E-state index in [1.807, 2.05) is 26.0 Å². The Bertz CT molecular complexity index is 233. The normalized spacial score (nSPS) is 9.50. The van der Waals surface area contributed by atoms with Crippen molar-refractivity contribution in [3.63, 3.8) is 0 Å². The molecule has 0 bridgehead atoms. The van der Waals surface area contributed by atoms with Crippen molar-refractivity contribution in [3.05, 3.63) is 29.3 Å². The standard InChI is InChI=1S/C8H9FO/c1-6-3-4-8(10-9)7(2)5-6/h3-5H,1-2H3. The maximum atomic E-state index is 11.6. The van der Waals surface area contributed by atoms with Crippen LogP contribution >= 0.6 is 0 Å². The van der Waals surface area contributed by atoms with Gasteiger partial charge >= 0.3 is 0 Å². The number of aryl methyl sites for hydroxylation is 2. The summed E-state index contributed by atoms with van der Waals surface area (Å²) in [5.41, 5.74) is 1.93. The summed E-state index contributed by atoms with van der Waals surface area (Å²) >= 11 is 0. The predicted octanol–water partition coefficient (Wildman–Crippen LogP) is 2.57. The molecule has 0 fully saturated rings. The highest BCUT2D eigenvalue weighted by molar-refractivity contribution is 5.35. The maximum absolute atomic E-state index is 11.6. The minimum atomic E-state index is 0.297. The molecule has 0 aliphatic heterocycles. The zero-order valence-electron chi connectivity index (χ0n) is 6.02. The average molecular weight is 140 g/mol. The third-order valence-electron chi connectivity index (χ3n) is 1.41. The Balaban J connectivity index is 3.07. The molecule has 1 aromatic rings. The fourth-order valence-electron chi connectivity index (χ4n) is 0.886. The van der Waals surface area contributed by atoms with Crippen LogP contribution < -0.4 is 4.94 Å². The highest BCUT2D eigenvalue weighted by Gasteiger charge is 1.97. The number of halogens is 1. The molecule has 54 valence electrons. The Morgan fingerprint density at radius 3 is 2.50 bits per heavy atom. The Labute approximate surface area is 59.3 Å². The molecule has 0 heterocycles. The van der Waals surface area contributed by atoms with Crippen molar-refractivity contribution in [2.24, 2.45) is 0 Å². The molecule has 2 heteroatoms. The molecule has 0 amide bonds. The topological polar surface area (TPSA) is 9.23 Å². The van der Waals surface area contributed by atoms with Crippen molar-refractivity contribution in [1.29, 1.82) is 0 Å². The van der Waals surface area contributed by atoms with Gasteiger partial charge in [-0.15, -0.1) is 0 Å². The molecule has 0 saturated heterocycles. The van der Waals surface area contributed by atoms with Crippen molar-refractivity contribution in [2.45, 2.75) is 13.8 Å². The van der Waals surface area contributed by atoms with E-state index in [1.165, 1.54) is 0 Å². The molecular formula is C8H9FO. The Kier molecular flexibility index (Phi) is 1.90. The molecular weight excluding hydrogens is 131 g/mol. The molecule has 0 saturated carbocycles. The van der Waals surface area contributed by atoms with Crippen LogP contribution in [0.5, 0.6) is 5.75 Å². The van der Waals surface area contributed by atoms with Crippen molar-refractivity contribution in [1.82, 2.24) is 0 Å². The van der Waals surface area contributed by atoms with Crippen LogP contribution in [0.25, 0.3) is 0 Å². The fourth-order valence-corrected chi connectivity index (χ4v) is 0.886. The number of rotatable bonds is 1. The summed E-state index contributed by atoms with van der Waals surface area (Å²) in [6, 6.07) is 5.29. The second-order valence-corrected chi connectivity index (χ2v) is 2.35. The molecule has 0 aliphatic carbocycles. The highest BCUT2D eigenvalue weighted by atomic mass is 19.3. The van der Waals surface area contributed by atoms with Crippen LogP contribution in [-0.2, 0) is 0 Å². The Hall–Kier alpha value is -1.05. The molecule has 1 aromatic carbocycles. The lowest BCUT2D eigenvalue weighted by atomic mass is 10.1. The molecule has 0 aliphatic rings. The molecule has 0 radical (unpaired) electrons. The minimum absolute atomic E-state index is 0.297. The van der Waals surface area contributed by atoms with E-state index in [-0.39, 0.29) is 0 Å². The number of hydrogen-bond donors (Lipinski definition) is 0. The first-order valence-corrected chi connectivity index (χ1v) is 3.10. The molecule has 0 unspecified atom stereocenters. The van der Waals surface area contributed by atoms with Gasteiger partial charge in [-0.1, -0.05) is 17.7 Å². The summed E-state index contributed by atoms with van der Waals surface area (Å²) < 4.78 is 11.6. The summed E-state index contributed by atoms with van der Waals surface area (Å²) in [4.78, 5) is 3.60. The van der Waals surface area contributed by atoms with Gasteiger partial charge in [0.15, 0.2) is 5.75 Å². The second-order valence-electron chi connectivity index (χ2n) is 2.35. The highest BCUT2D eigenvalue weighted by Crippen LogP contribution is 2.18. The van der Waals surface area contributed by atoms with Crippen molar-refractivity contribution < 1.29 is 9.47 Å². The molecule has 0 aromatic heterocycles. The first-order valence-electron chi connectivity index (χ1n) is 3.10. The van der Waals surface area contributed by atoms with Crippen LogP contribution in [0.1, 0.15) is 11.1 Å². The first-order chi connectivity index (χ1) is 4.74. The van der Waals surface area contributed by atoms with Crippen molar-refractivity contribution in [3.8, 4) is 5.75 Å². The molecule has 0 N–H and O–H groups in total. The molecule has 0 spiro atoms. The Morgan fingerprint density at radius 1 is 1.30 bits per heavy atom. The van der Waals surface area contributed by atoms with Gasteiger partial charge in [-0.25, -0.2) is 0 Å². The molecule has 0 atom stereocenters.